The summed E-state index contributed by atoms with van der Waals surface area (Å²) in [5, 5.41) is 10.6. The van der Waals surface area contributed by atoms with E-state index in [2.05, 4.69) is 4.98 Å². The van der Waals surface area contributed by atoms with E-state index in [0.29, 0.717) is 39.4 Å². The summed E-state index contributed by atoms with van der Waals surface area (Å²) in [7, 11) is 0. The van der Waals surface area contributed by atoms with Crippen molar-refractivity contribution in [3.63, 3.8) is 0 Å². The van der Waals surface area contributed by atoms with Crippen LogP contribution in [0.5, 0.6) is 0 Å². The number of aromatic nitrogens is 2. The Morgan fingerprint density at radius 1 is 1.25 bits per heavy atom. The number of carbonyl (C=O) groups is 1. The minimum Gasteiger partial charge on any atom is -0.465 e. The lowest BCUT2D eigenvalue weighted by atomic mass is 10.1. The highest BCUT2D eigenvalue weighted by atomic mass is 35.5. The monoisotopic (exact) mass is 341 g/mol. The van der Waals surface area contributed by atoms with Gasteiger partial charge in [-0.15, -0.1) is 0 Å². The fourth-order valence-corrected chi connectivity index (χ4v) is 3.35. The van der Waals surface area contributed by atoms with Crippen LogP contribution in [0.3, 0.4) is 0 Å². The summed E-state index contributed by atoms with van der Waals surface area (Å²) in [5.41, 5.74) is 1.68. The van der Waals surface area contributed by atoms with Gasteiger partial charge in [0.15, 0.2) is 0 Å². The molecule has 2 aromatic heterocycles. The molecule has 0 saturated heterocycles. The lowest BCUT2D eigenvalue weighted by Crippen LogP contribution is -2.28. The van der Waals surface area contributed by atoms with Crippen molar-refractivity contribution in [2.45, 2.75) is 6.42 Å². The number of hydrogen-bond acceptors (Lipinski definition) is 3. The number of fused-ring (bicyclic) bond motifs is 3. The summed E-state index contributed by atoms with van der Waals surface area (Å²) in [4.78, 5) is 30.0. The molecule has 1 aliphatic rings. The second-order valence-electron chi connectivity index (χ2n) is 5.51. The molecule has 120 valence electrons. The van der Waals surface area contributed by atoms with Crippen molar-refractivity contribution in [1.82, 2.24) is 9.55 Å². The molecule has 0 saturated carbocycles. The molecule has 0 unspecified atom stereocenters. The molecule has 7 heteroatoms. The van der Waals surface area contributed by atoms with Crippen molar-refractivity contribution >= 4 is 34.4 Å². The van der Waals surface area contributed by atoms with Crippen LogP contribution in [0.4, 0.5) is 10.5 Å². The smallest absolute Gasteiger partial charge is 0.411 e. The molecule has 1 amide bonds. The zero-order chi connectivity index (χ0) is 16.8. The van der Waals surface area contributed by atoms with Crippen LogP contribution < -0.4 is 10.5 Å². The maximum atomic E-state index is 13.0. The Bertz CT molecular complexity index is 1040. The van der Waals surface area contributed by atoms with E-state index in [0.717, 1.165) is 0 Å². The summed E-state index contributed by atoms with van der Waals surface area (Å²) >= 11 is 6.06. The minimum atomic E-state index is -1.07. The van der Waals surface area contributed by atoms with Gasteiger partial charge in [0.2, 0.25) is 0 Å². The fraction of sp³-hybridized carbons (Fsp3) is 0.118. The van der Waals surface area contributed by atoms with E-state index in [1.165, 1.54) is 9.47 Å². The number of amides is 1. The van der Waals surface area contributed by atoms with Crippen LogP contribution in [0.1, 0.15) is 5.56 Å². The van der Waals surface area contributed by atoms with Gasteiger partial charge in [-0.25, -0.2) is 9.78 Å². The van der Waals surface area contributed by atoms with E-state index < -0.39 is 6.09 Å². The van der Waals surface area contributed by atoms with Gasteiger partial charge < -0.3 is 5.11 Å². The van der Waals surface area contributed by atoms with E-state index >= 15 is 0 Å². The quantitative estimate of drug-likeness (QED) is 0.738. The maximum absolute atomic E-state index is 13.0. The molecule has 0 spiro atoms. The summed E-state index contributed by atoms with van der Waals surface area (Å²) in [6.07, 6.45) is 0.889. The van der Waals surface area contributed by atoms with Crippen LogP contribution in [0, 0.1) is 0 Å². The SMILES string of the molecule is O=C(O)N1CCc2c1c1cccnc1n(-c1cccc(Cl)c1)c2=O. The molecule has 3 aromatic rings. The molecule has 0 radical (unpaired) electrons. The molecule has 4 rings (SSSR count). The first-order valence-electron chi connectivity index (χ1n) is 7.37. The largest absolute Gasteiger partial charge is 0.465 e. The maximum Gasteiger partial charge on any atom is 0.411 e. The van der Waals surface area contributed by atoms with E-state index in [9.17, 15) is 14.7 Å². The lowest BCUT2D eigenvalue weighted by Gasteiger charge is -2.17. The molecule has 1 aromatic carbocycles. The zero-order valence-corrected chi connectivity index (χ0v) is 13.2. The number of benzene rings is 1. The molecule has 24 heavy (non-hydrogen) atoms. The molecular formula is C17H12ClN3O3. The Kier molecular flexibility index (Phi) is 3.28. The Hall–Kier alpha value is -2.86. The Morgan fingerprint density at radius 2 is 2.08 bits per heavy atom. The molecule has 3 heterocycles. The standard InChI is InChI=1S/C17H12ClN3O3/c18-10-3-1-4-11(9-10)21-15-12(5-2-7-19-15)14-13(16(21)22)6-8-20(14)17(23)24/h1-5,7,9H,6,8H2,(H,23,24). The second-order valence-corrected chi connectivity index (χ2v) is 5.94. The predicted molar refractivity (Wildman–Crippen MR) is 91.4 cm³/mol. The van der Waals surface area contributed by atoms with Crippen LogP contribution >= 0.6 is 11.6 Å². The summed E-state index contributed by atoms with van der Waals surface area (Å²) in [6.45, 7) is 0.267. The molecule has 0 bridgehead atoms. The number of halogens is 1. The first kappa shape index (κ1) is 14.7. The first-order valence-corrected chi connectivity index (χ1v) is 7.75. The van der Waals surface area contributed by atoms with Gasteiger partial charge >= 0.3 is 6.09 Å². The zero-order valence-electron chi connectivity index (χ0n) is 12.4. The van der Waals surface area contributed by atoms with Crippen molar-refractivity contribution in [2.75, 3.05) is 11.4 Å². The fourth-order valence-electron chi connectivity index (χ4n) is 3.17. The number of nitrogens with zero attached hydrogens (tertiary/aromatic N) is 3. The van der Waals surface area contributed by atoms with Crippen LogP contribution in [0.15, 0.2) is 47.4 Å². The van der Waals surface area contributed by atoms with Crippen molar-refractivity contribution in [1.29, 1.82) is 0 Å². The van der Waals surface area contributed by atoms with Gasteiger partial charge in [-0.3, -0.25) is 14.3 Å². The Morgan fingerprint density at radius 3 is 2.83 bits per heavy atom. The third-order valence-electron chi connectivity index (χ3n) is 4.15. The van der Waals surface area contributed by atoms with E-state index in [-0.39, 0.29) is 12.1 Å². The van der Waals surface area contributed by atoms with Gasteiger partial charge in [0.25, 0.3) is 5.56 Å². The number of pyridine rings is 2. The topological polar surface area (TPSA) is 75.4 Å². The highest BCUT2D eigenvalue weighted by molar-refractivity contribution is 6.30. The third-order valence-corrected chi connectivity index (χ3v) is 4.39. The van der Waals surface area contributed by atoms with Crippen LogP contribution in [0.25, 0.3) is 16.7 Å². The van der Waals surface area contributed by atoms with Crippen LogP contribution in [0.2, 0.25) is 5.02 Å². The van der Waals surface area contributed by atoms with Gasteiger partial charge in [0.1, 0.15) is 5.65 Å². The molecule has 6 nitrogen and oxygen atoms in total. The van der Waals surface area contributed by atoms with E-state index in [1.54, 1.807) is 42.6 Å². The van der Waals surface area contributed by atoms with Crippen molar-refractivity contribution in [3.05, 3.63) is 63.5 Å². The molecule has 0 atom stereocenters. The highest BCUT2D eigenvalue weighted by Gasteiger charge is 2.31. The van der Waals surface area contributed by atoms with Gasteiger partial charge in [-0.1, -0.05) is 17.7 Å². The number of hydrogen-bond donors (Lipinski definition) is 1. The second kappa shape index (κ2) is 5.35. The number of rotatable bonds is 1. The van der Waals surface area contributed by atoms with E-state index in [1.807, 2.05) is 0 Å². The van der Waals surface area contributed by atoms with Crippen LogP contribution in [-0.2, 0) is 6.42 Å². The van der Waals surface area contributed by atoms with Gasteiger partial charge in [-0.2, -0.15) is 0 Å². The van der Waals surface area contributed by atoms with Gasteiger partial charge in [0.05, 0.1) is 11.4 Å². The Labute approximate surface area is 141 Å². The van der Waals surface area contributed by atoms with Crippen molar-refractivity contribution in [2.24, 2.45) is 0 Å². The average molecular weight is 342 g/mol. The van der Waals surface area contributed by atoms with Crippen LogP contribution in [-0.4, -0.2) is 27.3 Å². The highest BCUT2D eigenvalue weighted by Crippen LogP contribution is 2.33. The van der Waals surface area contributed by atoms with Crippen molar-refractivity contribution in [3.8, 4) is 5.69 Å². The lowest BCUT2D eigenvalue weighted by molar-refractivity contribution is 0.202. The summed E-state index contributed by atoms with van der Waals surface area (Å²) < 4.78 is 1.49. The summed E-state index contributed by atoms with van der Waals surface area (Å²) in [5.74, 6) is 0. The van der Waals surface area contributed by atoms with E-state index in [4.69, 9.17) is 11.6 Å². The molecule has 1 N–H and O–H groups in total. The molecule has 1 aliphatic heterocycles. The Balaban J connectivity index is 2.13. The first-order chi connectivity index (χ1) is 11.6. The molecule has 0 fully saturated rings. The predicted octanol–water partition coefficient (Wildman–Crippen LogP) is 3.08. The van der Waals surface area contributed by atoms with Crippen molar-refractivity contribution < 1.29 is 9.90 Å². The average Bonchev–Trinajstić information content (AvgIpc) is 3.01. The summed E-state index contributed by atoms with van der Waals surface area (Å²) in [6, 6.07) is 10.5. The number of anilines is 1. The molecule has 0 aliphatic carbocycles. The minimum absolute atomic E-state index is 0.262. The number of carboxylic acid groups (broad SMARTS) is 1. The molecular weight excluding hydrogens is 330 g/mol. The van der Waals surface area contributed by atoms with Gasteiger partial charge in [-0.05, 0) is 36.8 Å². The normalized spacial score (nSPS) is 13.3. The van der Waals surface area contributed by atoms with Gasteiger partial charge in [0, 0.05) is 28.7 Å². The third kappa shape index (κ3) is 2.07.